The molecule has 2 N–H and O–H groups in total. The van der Waals surface area contributed by atoms with Gasteiger partial charge in [0.05, 0.1) is 26.2 Å². The van der Waals surface area contributed by atoms with Gasteiger partial charge in [0.25, 0.3) is 0 Å². The van der Waals surface area contributed by atoms with Crippen molar-refractivity contribution < 1.29 is 14.6 Å². The van der Waals surface area contributed by atoms with Crippen LogP contribution in [0.5, 0.6) is 11.5 Å². The van der Waals surface area contributed by atoms with Gasteiger partial charge in [-0.1, -0.05) is 24.3 Å². The number of benzene rings is 2. The molecule has 1 atom stereocenters. The fourth-order valence-corrected chi connectivity index (χ4v) is 2.28. The highest BCUT2D eigenvalue weighted by Gasteiger charge is 2.10. The molecule has 0 aliphatic heterocycles. The molecule has 22 heavy (non-hydrogen) atoms. The van der Waals surface area contributed by atoms with Gasteiger partial charge >= 0.3 is 0 Å². The summed E-state index contributed by atoms with van der Waals surface area (Å²) in [5, 5.41) is 12.8. The molecule has 0 aliphatic carbocycles. The number of rotatable bonds is 7. The van der Waals surface area contributed by atoms with E-state index >= 15 is 0 Å². The Kier molecular flexibility index (Phi) is 5.92. The zero-order valence-electron chi connectivity index (χ0n) is 12.7. The first-order chi connectivity index (χ1) is 10.7. The Morgan fingerprint density at radius 3 is 2.50 bits per heavy atom. The molecule has 0 radical (unpaired) electrons. The number of hydrogen-bond acceptors (Lipinski definition) is 4. The molecule has 0 saturated carbocycles. The molecule has 118 valence electrons. The second-order valence-electron chi connectivity index (χ2n) is 4.80. The molecule has 0 bridgehead atoms. The molecule has 0 saturated heterocycles. The summed E-state index contributed by atoms with van der Waals surface area (Å²) in [4.78, 5) is 0. The summed E-state index contributed by atoms with van der Waals surface area (Å²) in [5.74, 6) is 1.57. The van der Waals surface area contributed by atoms with E-state index in [-0.39, 0.29) is 5.88 Å². The quantitative estimate of drug-likeness (QED) is 0.768. The number of aliphatic hydroxyl groups excluding tert-OH is 1. The van der Waals surface area contributed by atoms with E-state index in [0.29, 0.717) is 18.0 Å². The van der Waals surface area contributed by atoms with Gasteiger partial charge in [0.15, 0.2) is 11.5 Å². The lowest BCUT2D eigenvalue weighted by atomic mass is 10.0. The van der Waals surface area contributed by atoms with E-state index in [1.54, 1.807) is 14.2 Å². The third kappa shape index (κ3) is 3.84. The number of alkyl halides is 1. The predicted octanol–water partition coefficient (Wildman–Crippen LogP) is 3.38. The number of hydrogen-bond donors (Lipinski definition) is 2. The van der Waals surface area contributed by atoms with E-state index in [4.69, 9.17) is 21.1 Å². The van der Waals surface area contributed by atoms with Gasteiger partial charge < -0.3 is 19.9 Å². The Hall–Kier alpha value is -1.91. The van der Waals surface area contributed by atoms with Gasteiger partial charge in [-0.25, -0.2) is 0 Å². The molecule has 2 aromatic carbocycles. The third-order valence-corrected chi connectivity index (χ3v) is 3.68. The van der Waals surface area contributed by atoms with Gasteiger partial charge in [0.1, 0.15) is 0 Å². The maximum Gasteiger partial charge on any atom is 0.161 e. The van der Waals surface area contributed by atoms with E-state index in [1.807, 2.05) is 42.5 Å². The van der Waals surface area contributed by atoms with Crippen molar-refractivity contribution in [3.8, 4) is 22.6 Å². The normalized spacial score (nSPS) is 11.8. The van der Waals surface area contributed by atoms with Crippen LogP contribution >= 0.6 is 11.6 Å². The first kappa shape index (κ1) is 16.5. The van der Waals surface area contributed by atoms with Crippen LogP contribution in [-0.4, -0.2) is 37.9 Å². The molecular formula is C17H20ClNO3. The maximum absolute atomic E-state index is 9.60. The Labute approximate surface area is 135 Å². The van der Waals surface area contributed by atoms with Crippen molar-refractivity contribution in [3.63, 3.8) is 0 Å². The molecule has 0 aliphatic rings. The van der Waals surface area contributed by atoms with Gasteiger partial charge in [-0.3, -0.25) is 0 Å². The molecule has 0 spiro atoms. The number of nitrogens with one attached hydrogen (secondary N) is 1. The zero-order valence-corrected chi connectivity index (χ0v) is 13.4. The lowest BCUT2D eigenvalue weighted by Gasteiger charge is -2.15. The van der Waals surface area contributed by atoms with Gasteiger partial charge in [0, 0.05) is 17.8 Å². The second-order valence-corrected chi connectivity index (χ2v) is 5.11. The second kappa shape index (κ2) is 7.92. The average Bonchev–Trinajstić information content (AvgIpc) is 2.59. The van der Waals surface area contributed by atoms with E-state index in [1.165, 1.54) is 0 Å². The van der Waals surface area contributed by atoms with E-state index in [9.17, 15) is 5.11 Å². The van der Waals surface area contributed by atoms with Gasteiger partial charge in [-0.05, 0) is 23.8 Å². The fourth-order valence-electron chi connectivity index (χ4n) is 2.18. The average molecular weight is 322 g/mol. The van der Waals surface area contributed by atoms with Gasteiger partial charge in [-0.2, -0.15) is 0 Å². The number of aliphatic hydroxyl groups is 1. The summed E-state index contributed by atoms with van der Waals surface area (Å²) in [6.45, 7) is 0.397. The number of methoxy groups -OCH3 is 2. The Morgan fingerprint density at radius 1 is 1.09 bits per heavy atom. The summed E-state index contributed by atoms with van der Waals surface area (Å²) >= 11 is 5.63. The molecular weight excluding hydrogens is 302 g/mol. The van der Waals surface area contributed by atoms with Crippen LogP contribution in [0.2, 0.25) is 0 Å². The standard InChI is InChI=1S/C17H20ClNO3/c1-21-16-8-7-12(9-17(16)22-2)14-5-3-4-6-15(14)19-11-13(20)10-18/h3-9,13,19-20H,10-11H2,1-2H3. The number of ether oxygens (including phenoxy) is 2. The Balaban J connectivity index is 2.32. The molecule has 5 heteroatoms. The number of para-hydroxylation sites is 1. The minimum absolute atomic E-state index is 0.200. The van der Waals surface area contributed by atoms with Crippen LogP contribution in [0.3, 0.4) is 0 Å². The maximum atomic E-state index is 9.60. The molecule has 0 heterocycles. The third-order valence-electron chi connectivity index (χ3n) is 3.33. The summed E-state index contributed by atoms with van der Waals surface area (Å²) in [6, 6.07) is 13.7. The van der Waals surface area contributed by atoms with Crippen molar-refractivity contribution in [2.75, 3.05) is 32.0 Å². The van der Waals surface area contributed by atoms with Gasteiger partial charge in [0.2, 0.25) is 0 Å². The van der Waals surface area contributed by atoms with Crippen molar-refractivity contribution in [1.82, 2.24) is 0 Å². The topological polar surface area (TPSA) is 50.7 Å². The first-order valence-corrected chi connectivity index (χ1v) is 7.52. The molecule has 0 aromatic heterocycles. The van der Waals surface area contributed by atoms with Crippen LogP contribution < -0.4 is 14.8 Å². The SMILES string of the molecule is COc1ccc(-c2ccccc2NCC(O)CCl)cc1OC. The van der Waals surface area contributed by atoms with Crippen molar-refractivity contribution in [2.45, 2.75) is 6.10 Å². The first-order valence-electron chi connectivity index (χ1n) is 6.99. The Morgan fingerprint density at radius 2 is 1.82 bits per heavy atom. The largest absolute Gasteiger partial charge is 0.493 e. The van der Waals surface area contributed by atoms with Crippen LogP contribution in [0.4, 0.5) is 5.69 Å². The van der Waals surface area contributed by atoms with Crippen molar-refractivity contribution in [1.29, 1.82) is 0 Å². The molecule has 0 amide bonds. The van der Waals surface area contributed by atoms with Crippen LogP contribution in [0, 0.1) is 0 Å². The minimum atomic E-state index is -0.583. The minimum Gasteiger partial charge on any atom is -0.493 e. The van der Waals surface area contributed by atoms with Crippen molar-refractivity contribution in [3.05, 3.63) is 42.5 Å². The zero-order chi connectivity index (χ0) is 15.9. The van der Waals surface area contributed by atoms with Crippen LogP contribution in [-0.2, 0) is 0 Å². The molecule has 0 fully saturated rings. The highest BCUT2D eigenvalue weighted by molar-refractivity contribution is 6.18. The molecule has 1 unspecified atom stereocenters. The highest BCUT2D eigenvalue weighted by Crippen LogP contribution is 2.35. The van der Waals surface area contributed by atoms with E-state index in [2.05, 4.69) is 5.32 Å². The van der Waals surface area contributed by atoms with Crippen LogP contribution in [0.25, 0.3) is 11.1 Å². The van der Waals surface area contributed by atoms with E-state index in [0.717, 1.165) is 16.8 Å². The number of anilines is 1. The monoisotopic (exact) mass is 321 g/mol. The molecule has 4 nitrogen and oxygen atoms in total. The number of halogens is 1. The summed E-state index contributed by atoms with van der Waals surface area (Å²) in [5.41, 5.74) is 2.95. The molecule has 2 aromatic rings. The fraction of sp³-hybridized carbons (Fsp3) is 0.294. The molecule has 2 rings (SSSR count). The van der Waals surface area contributed by atoms with E-state index < -0.39 is 6.10 Å². The van der Waals surface area contributed by atoms with Crippen molar-refractivity contribution in [2.24, 2.45) is 0 Å². The van der Waals surface area contributed by atoms with Crippen molar-refractivity contribution >= 4 is 17.3 Å². The lowest BCUT2D eigenvalue weighted by Crippen LogP contribution is -2.21. The van der Waals surface area contributed by atoms with Crippen LogP contribution in [0.15, 0.2) is 42.5 Å². The van der Waals surface area contributed by atoms with Gasteiger partial charge in [-0.15, -0.1) is 11.6 Å². The summed E-state index contributed by atoms with van der Waals surface area (Å²) in [7, 11) is 3.23. The lowest BCUT2D eigenvalue weighted by molar-refractivity contribution is 0.211. The predicted molar refractivity (Wildman–Crippen MR) is 90.2 cm³/mol. The Bertz CT molecular complexity index is 619. The summed E-state index contributed by atoms with van der Waals surface area (Å²) in [6.07, 6.45) is -0.583. The highest BCUT2D eigenvalue weighted by atomic mass is 35.5. The summed E-state index contributed by atoms with van der Waals surface area (Å²) < 4.78 is 10.6. The smallest absolute Gasteiger partial charge is 0.161 e. The van der Waals surface area contributed by atoms with Crippen LogP contribution in [0.1, 0.15) is 0 Å².